The van der Waals surface area contributed by atoms with E-state index in [4.69, 9.17) is 15.2 Å². The number of nitrogens with two attached hydrogens (primary N) is 1. The lowest BCUT2D eigenvalue weighted by atomic mass is 10.1. The Hall–Kier alpha value is -2.90. The molecule has 1 aliphatic carbocycles. The number of carbonyl (C=O) groups excluding carboxylic acids is 2. The highest BCUT2D eigenvalue weighted by Crippen LogP contribution is 2.59. The van der Waals surface area contributed by atoms with Crippen molar-refractivity contribution in [2.75, 3.05) is 13.7 Å². The second kappa shape index (κ2) is 5.55. The summed E-state index contributed by atoms with van der Waals surface area (Å²) in [7, 11) is 1.44. The molecular weight excluding hydrogens is 341 g/mol. The number of nitrogens with zero attached hydrogens (tertiary/aromatic N) is 1. The molecule has 2 fully saturated rings. The predicted molar refractivity (Wildman–Crippen MR) is 90.7 cm³/mol. The summed E-state index contributed by atoms with van der Waals surface area (Å²) in [6.45, 7) is 1.87. The van der Waals surface area contributed by atoms with E-state index in [0.717, 1.165) is 0 Å². The summed E-state index contributed by atoms with van der Waals surface area (Å²) in [5, 5.41) is 3.28. The number of aromatic nitrogens is 1. The quantitative estimate of drug-likeness (QED) is 0.835. The highest BCUT2D eigenvalue weighted by Gasteiger charge is 2.75. The minimum atomic E-state index is -1.76. The third kappa shape index (κ3) is 2.21. The van der Waals surface area contributed by atoms with Gasteiger partial charge in [0.25, 0.3) is 11.8 Å². The van der Waals surface area contributed by atoms with E-state index in [-0.39, 0.29) is 30.0 Å². The minimum absolute atomic E-state index is 0.144. The molecule has 0 bridgehead atoms. The van der Waals surface area contributed by atoms with Crippen molar-refractivity contribution in [2.24, 2.45) is 17.6 Å². The summed E-state index contributed by atoms with van der Waals surface area (Å²) in [5.74, 6) is -1.02. The van der Waals surface area contributed by atoms with Gasteiger partial charge in [-0.3, -0.25) is 14.6 Å². The summed E-state index contributed by atoms with van der Waals surface area (Å²) >= 11 is 0. The van der Waals surface area contributed by atoms with Crippen LogP contribution in [0.25, 0.3) is 10.9 Å². The minimum Gasteiger partial charge on any atom is -0.496 e. The smallest absolute Gasteiger partial charge is 0.258 e. The second-order valence-electron chi connectivity index (χ2n) is 6.72. The number of benzene rings is 1. The van der Waals surface area contributed by atoms with Gasteiger partial charge in [0.05, 0.1) is 24.2 Å². The first-order chi connectivity index (χ1) is 12.4. The van der Waals surface area contributed by atoms with Gasteiger partial charge in [0.2, 0.25) is 0 Å². The molecule has 3 N–H and O–H groups in total. The van der Waals surface area contributed by atoms with Crippen molar-refractivity contribution in [3.63, 3.8) is 0 Å². The molecule has 2 aromatic rings. The van der Waals surface area contributed by atoms with Gasteiger partial charge in [-0.05, 0) is 18.2 Å². The lowest BCUT2D eigenvalue weighted by Crippen LogP contribution is -2.38. The fourth-order valence-electron chi connectivity index (χ4n) is 3.88. The molecule has 2 aliphatic rings. The molecule has 1 aliphatic heterocycles. The van der Waals surface area contributed by atoms with Crippen LogP contribution in [0.4, 0.5) is 4.39 Å². The van der Waals surface area contributed by atoms with Crippen LogP contribution in [0.1, 0.15) is 17.3 Å². The number of carbonyl (C=O) groups is 2. The normalized spacial score (nSPS) is 29.2. The summed E-state index contributed by atoms with van der Waals surface area (Å²) in [6.07, 6.45) is 1.54. The monoisotopic (exact) mass is 359 g/mol. The summed E-state index contributed by atoms with van der Waals surface area (Å²) in [5.41, 5.74) is 4.35. The van der Waals surface area contributed by atoms with E-state index in [9.17, 15) is 14.0 Å². The lowest BCUT2D eigenvalue weighted by Gasteiger charge is -2.16. The first-order valence-electron chi connectivity index (χ1n) is 8.27. The van der Waals surface area contributed by atoms with Crippen LogP contribution in [0, 0.1) is 11.8 Å². The van der Waals surface area contributed by atoms with Gasteiger partial charge in [-0.15, -0.1) is 0 Å². The Labute approximate surface area is 148 Å². The number of halogens is 1. The maximum atomic E-state index is 14.4. The van der Waals surface area contributed by atoms with Gasteiger partial charge in [-0.1, -0.05) is 6.92 Å². The first kappa shape index (κ1) is 16.6. The number of amides is 2. The molecule has 26 heavy (non-hydrogen) atoms. The fraction of sp³-hybridized carbons (Fsp3) is 0.389. The van der Waals surface area contributed by atoms with E-state index in [2.05, 4.69) is 10.3 Å². The molecule has 2 amide bonds. The van der Waals surface area contributed by atoms with Crippen LogP contribution >= 0.6 is 0 Å². The maximum Gasteiger partial charge on any atom is 0.258 e. The van der Waals surface area contributed by atoms with Crippen LogP contribution in [-0.2, 0) is 4.79 Å². The number of piperidine rings is 1. The summed E-state index contributed by atoms with van der Waals surface area (Å²) < 4.78 is 25.5. The van der Waals surface area contributed by atoms with Crippen LogP contribution in [-0.4, -0.2) is 42.2 Å². The van der Waals surface area contributed by atoms with Crippen molar-refractivity contribution in [3.8, 4) is 11.5 Å². The standard InChI is InChI=1S/C18H18FN3O4/c1-8-15-12(22-17(24)18(8,15)19)7-26-13-3-4-21-11-5-10(16(20)23)14(25-2)6-9(11)13/h3-6,8,12,15H,7H2,1-2H3,(H2,20,23)(H,22,24). The van der Waals surface area contributed by atoms with Crippen LogP contribution in [0.2, 0.25) is 0 Å². The van der Waals surface area contributed by atoms with E-state index in [1.165, 1.54) is 13.2 Å². The molecule has 7 nitrogen and oxygen atoms in total. The molecule has 2 heterocycles. The van der Waals surface area contributed by atoms with Crippen molar-refractivity contribution in [2.45, 2.75) is 18.6 Å². The van der Waals surface area contributed by atoms with Crippen molar-refractivity contribution < 1.29 is 23.5 Å². The van der Waals surface area contributed by atoms with Crippen LogP contribution < -0.4 is 20.5 Å². The molecule has 136 valence electrons. The number of alkyl halides is 1. The van der Waals surface area contributed by atoms with Gasteiger partial charge in [0, 0.05) is 23.4 Å². The topological polar surface area (TPSA) is 104 Å². The Morgan fingerprint density at radius 2 is 2.19 bits per heavy atom. The zero-order valence-electron chi connectivity index (χ0n) is 14.3. The van der Waals surface area contributed by atoms with Crippen molar-refractivity contribution in [1.82, 2.24) is 10.3 Å². The molecule has 4 unspecified atom stereocenters. The number of ether oxygens (including phenoxy) is 2. The molecule has 1 aromatic heterocycles. The van der Waals surface area contributed by atoms with Crippen LogP contribution in [0.15, 0.2) is 24.4 Å². The number of methoxy groups -OCH3 is 1. The Morgan fingerprint density at radius 3 is 2.81 bits per heavy atom. The first-order valence-corrected chi connectivity index (χ1v) is 8.27. The Morgan fingerprint density at radius 1 is 1.42 bits per heavy atom. The molecule has 1 saturated carbocycles. The van der Waals surface area contributed by atoms with Gasteiger partial charge in [-0.25, -0.2) is 4.39 Å². The maximum absolute atomic E-state index is 14.4. The van der Waals surface area contributed by atoms with Gasteiger partial charge in [0.1, 0.15) is 18.1 Å². The molecule has 0 radical (unpaired) electrons. The van der Waals surface area contributed by atoms with E-state index in [1.54, 1.807) is 25.3 Å². The third-order valence-electron chi connectivity index (χ3n) is 5.38. The number of rotatable bonds is 5. The van der Waals surface area contributed by atoms with Crippen LogP contribution in [0.3, 0.4) is 0 Å². The average Bonchev–Trinajstić information content (AvgIpc) is 3.07. The predicted octanol–water partition coefficient (Wildman–Crippen LogP) is 1.19. The molecule has 1 saturated heterocycles. The zero-order chi connectivity index (χ0) is 18.6. The van der Waals surface area contributed by atoms with E-state index >= 15 is 0 Å². The molecule has 4 rings (SSSR count). The SMILES string of the molecule is COc1cc2c(OCC3NC(=O)C4(F)C(C)C34)ccnc2cc1C(N)=O. The second-order valence-corrected chi connectivity index (χ2v) is 6.72. The molecule has 4 atom stereocenters. The largest absolute Gasteiger partial charge is 0.496 e. The van der Waals surface area contributed by atoms with E-state index < -0.39 is 17.5 Å². The van der Waals surface area contributed by atoms with Gasteiger partial charge in [-0.2, -0.15) is 0 Å². The summed E-state index contributed by atoms with van der Waals surface area (Å²) in [6, 6.07) is 4.46. The van der Waals surface area contributed by atoms with Crippen molar-refractivity contribution in [3.05, 3.63) is 30.0 Å². The number of hydrogen-bond donors (Lipinski definition) is 2. The van der Waals surface area contributed by atoms with Crippen molar-refractivity contribution in [1.29, 1.82) is 0 Å². The lowest BCUT2D eigenvalue weighted by molar-refractivity contribution is -0.126. The fourth-order valence-corrected chi connectivity index (χ4v) is 3.88. The van der Waals surface area contributed by atoms with Gasteiger partial charge >= 0.3 is 0 Å². The van der Waals surface area contributed by atoms with Gasteiger partial charge in [0.15, 0.2) is 5.67 Å². The highest BCUT2D eigenvalue weighted by atomic mass is 19.1. The number of pyridine rings is 1. The molecule has 0 spiro atoms. The molecular formula is C18H18FN3O4. The zero-order valence-corrected chi connectivity index (χ0v) is 14.3. The third-order valence-corrected chi connectivity index (χ3v) is 5.38. The number of fused-ring (bicyclic) bond motifs is 2. The molecule has 8 heteroatoms. The number of hydrogen-bond acceptors (Lipinski definition) is 5. The average molecular weight is 359 g/mol. The van der Waals surface area contributed by atoms with Gasteiger partial charge < -0.3 is 20.5 Å². The summed E-state index contributed by atoms with van der Waals surface area (Å²) in [4.78, 5) is 27.5. The van der Waals surface area contributed by atoms with Crippen molar-refractivity contribution >= 4 is 22.7 Å². The number of primary amides is 1. The molecule has 1 aromatic carbocycles. The number of nitrogens with one attached hydrogen (secondary N) is 1. The Kier molecular flexibility index (Phi) is 3.54. The van der Waals surface area contributed by atoms with E-state index in [0.29, 0.717) is 22.4 Å². The van der Waals surface area contributed by atoms with E-state index in [1.807, 2.05) is 0 Å². The Bertz CT molecular complexity index is 934. The Balaban J connectivity index is 1.61. The van der Waals surface area contributed by atoms with Crippen LogP contribution in [0.5, 0.6) is 11.5 Å². The highest BCUT2D eigenvalue weighted by molar-refractivity contribution is 6.01.